The molecule has 4 nitrogen and oxygen atoms in total. The van der Waals surface area contributed by atoms with E-state index in [1.807, 2.05) is 0 Å². The van der Waals surface area contributed by atoms with Gasteiger partial charge in [0.25, 0.3) is 0 Å². The predicted octanol–water partition coefficient (Wildman–Crippen LogP) is 2.11. The molecule has 0 saturated heterocycles. The van der Waals surface area contributed by atoms with Gasteiger partial charge in [0.1, 0.15) is 0 Å². The first-order valence-corrected chi connectivity index (χ1v) is 5.39. The molecule has 82 valence electrons. The van der Waals surface area contributed by atoms with Crippen molar-refractivity contribution in [2.75, 3.05) is 19.0 Å². The Balaban J connectivity index is 1.92. The first-order valence-electron chi connectivity index (χ1n) is 5.01. The molecule has 0 amide bonds. The van der Waals surface area contributed by atoms with E-state index in [1.54, 1.807) is 19.4 Å². The molecular formula is C10H14ClN3O. The van der Waals surface area contributed by atoms with E-state index in [0.717, 1.165) is 25.1 Å². The van der Waals surface area contributed by atoms with E-state index in [-0.39, 0.29) is 5.60 Å². The van der Waals surface area contributed by atoms with E-state index >= 15 is 0 Å². The van der Waals surface area contributed by atoms with Crippen LogP contribution in [-0.2, 0) is 4.74 Å². The Morgan fingerprint density at radius 3 is 2.93 bits per heavy atom. The van der Waals surface area contributed by atoms with Crippen LogP contribution in [0, 0.1) is 0 Å². The van der Waals surface area contributed by atoms with Gasteiger partial charge in [-0.15, -0.1) is 5.10 Å². The van der Waals surface area contributed by atoms with E-state index in [1.165, 1.54) is 6.42 Å². The van der Waals surface area contributed by atoms with E-state index in [4.69, 9.17) is 16.3 Å². The molecule has 0 spiro atoms. The number of hydrogen-bond acceptors (Lipinski definition) is 4. The first kappa shape index (κ1) is 10.6. The lowest BCUT2D eigenvalue weighted by atomic mass is 9.80. The molecular weight excluding hydrogens is 214 g/mol. The minimum absolute atomic E-state index is 0.00967. The molecule has 0 atom stereocenters. The lowest BCUT2D eigenvalue weighted by Crippen LogP contribution is -2.45. The first-order chi connectivity index (χ1) is 7.24. The second kappa shape index (κ2) is 4.33. The predicted molar refractivity (Wildman–Crippen MR) is 59.1 cm³/mol. The standard InChI is InChI=1S/C10H14ClN3O/c1-15-10(3-2-4-10)7-12-8-5-9(11)14-13-6-8/h5-6H,2-4,7H2,1H3,(H,12,14). The van der Waals surface area contributed by atoms with Crippen molar-refractivity contribution >= 4 is 17.3 Å². The van der Waals surface area contributed by atoms with Gasteiger partial charge in [0, 0.05) is 19.7 Å². The summed E-state index contributed by atoms with van der Waals surface area (Å²) in [7, 11) is 1.76. The number of aromatic nitrogens is 2. The summed E-state index contributed by atoms with van der Waals surface area (Å²) in [4.78, 5) is 0. The van der Waals surface area contributed by atoms with Crippen molar-refractivity contribution in [1.29, 1.82) is 0 Å². The lowest BCUT2D eigenvalue weighted by Gasteiger charge is -2.40. The van der Waals surface area contributed by atoms with Gasteiger partial charge in [-0.3, -0.25) is 0 Å². The SMILES string of the molecule is COC1(CNc2cnnc(Cl)c2)CCC1. The number of ether oxygens (including phenoxy) is 1. The largest absolute Gasteiger partial charge is 0.381 e. The molecule has 2 rings (SSSR count). The molecule has 5 heteroatoms. The molecule has 0 radical (unpaired) electrons. The Labute approximate surface area is 94.0 Å². The minimum Gasteiger partial charge on any atom is -0.381 e. The highest BCUT2D eigenvalue weighted by Gasteiger charge is 2.36. The van der Waals surface area contributed by atoms with Gasteiger partial charge in [-0.25, -0.2) is 0 Å². The Morgan fingerprint density at radius 1 is 1.60 bits per heavy atom. The van der Waals surface area contributed by atoms with Crippen molar-refractivity contribution < 1.29 is 4.74 Å². The summed E-state index contributed by atoms with van der Waals surface area (Å²) in [5, 5.41) is 11.1. The Hall–Kier alpha value is -0.870. The van der Waals surface area contributed by atoms with Crippen molar-refractivity contribution in [3.8, 4) is 0 Å². The van der Waals surface area contributed by atoms with Crippen molar-refractivity contribution in [1.82, 2.24) is 10.2 Å². The number of halogens is 1. The molecule has 1 aromatic rings. The summed E-state index contributed by atoms with van der Waals surface area (Å²) in [6.45, 7) is 0.797. The van der Waals surface area contributed by atoms with Crippen molar-refractivity contribution in [2.45, 2.75) is 24.9 Å². The van der Waals surface area contributed by atoms with Crippen LogP contribution >= 0.6 is 11.6 Å². The topological polar surface area (TPSA) is 47.0 Å². The monoisotopic (exact) mass is 227 g/mol. The van der Waals surface area contributed by atoms with Gasteiger partial charge < -0.3 is 10.1 Å². The van der Waals surface area contributed by atoms with Crippen LogP contribution in [0.1, 0.15) is 19.3 Å². The molecule has 1 heterocycles. The molecule has 1 aliphatic carbocycles. The van der Waals surface area contributed by atoms with Crippen molar-refractivity contribution in [3.63, 3.8) is 0 Å². The highest BCUT2D eigenvalue weighted by atomic mass is 35.5. The third-order valence-electron chi connectivity index (χ3n) is 2.94. The number of rotatable bonds is 4. The van der Waals surface area contributed by atoms with Crippen LogP contribution in [0.3, 0.4) is 0 Å². The second-order valence-electron chi connectivity index (χ2n) is 3.86. The van der Waals surface area contributed by atoms with Gasteiger partial charge in [-0.1, -0.05) is 11.6 Å². The van der Waals surface area contributed by atoms with Gasteiger partial charge >= 0.3 is 0 Å². The number of nitrogens with one attached hydrogen (secondary N) is 1. The van der Waals surface area contributed by atoms with Gasteiger partial charge in [0.15, 0.2) is 5.15 Å². The van der Waals surface area contributed by atoms with Gasteiger partial charge in [0.05, 0.1) is 17.5 Å². The molecule has 1 aromatic heterocycles. The Morgan fingerprint density at radius 2 is 2.40 bits per heavy atom. The quantitative estimate of drug-likeness (QED) is 0.856. The lowest BCUT2D eigenvalue weighted by molar-refractivity contribution is -0.0601. The fraction of sp³-hybridized carbons (Fsp3) is 0.600. The number of hydrogen-bond donors (Lipinski definition) is 1. The van der Waals surface area contributed by atoms with Gasteiger partial charge in [-0.2, -0.15) is 5.10 Å². The van der Waals surface area contributed by atoms with Crippen LogP contribution in [0.15, 0.2) is 12.3 Å². The minimum atomic E-state index is 0.00967. The maximum atomic E-state index is 5.73. The molecule has 0 aromatic carbocycles. The van der Waals surface area contributed by atoms with Crippen LogP contribution in [0.4, 0.5) is 5.69 Å². The van der Waals surface area contributed by atoms with Crippen LogP contribution in [0.2, 0.25) is 5.15 Å². The van der Waals surface area contributed by atoms with E-state index < -0.39 is 0 Å². The number of nitrogens with zero attached hydrogens (tertiary/aromatic N) is 2. The summed E-state index contributed by atoms with van der Waals surface area (Å²) in [5.41, 5.74) is 0.897. The molecule has 15 heavy (non-hydrogen) atoms. The molecule has 0 aliphatic heterocycles. The highest BCUT2D eigenvalue weighted by Crippen LogP contribution is 2.35. The van der Waals surface area contributed by atoms with Crippen molar-refractivity contribution in [3.05, 3.63) is 17.4 Å². The molecule has 1 N–H and O–H groups in total. The second-order valence-corrected chi connectivity index (χ2v) is 4.25. The fourth-order valence-corrected chi connectivity index (χ4v) is 1.89. The third-order valence-corrected chi connectivity index (χ3v) is 3.12. The molecule has 1 saturated carbocycles. The molecule has 1 fully saturated rings. The van der Waals surface area contributed by atoms with Crippen LogP contribution in [0.5, 0.6) is 0 Å². The summed E-state index contributed by atoms with van der Waals surface area (Å²) in [5.74, 6) is 0. The molecule has 1 aliphatic rings. The smallest absolute Gasteiger partial charge is 0.153 e. The summed E-state index contributed by atoms with van der Waals surface area (Å²) in [6.07, 6.45) is 5.13. The summed E-state index contributed by atoms with van der Waals surface area (Å²) < 4.78 is 5.49. The number of methoxy groups -OCH3 is 1. The fourth-order valence-electron chi connectivity index (χ4n) is 1.72. The Kier molecular flexibility index (Phi) is 3.07. The summed E-state index contributed by atoms with van der Waals surface area (Å²) >= 11 is 5.73. The van der Waals surface area contributed by atoms with Gasteiger partial charge in [0.2, 0.25) is 0 Å². The van der Waals surface area contributed by atoms with Crippen LogP contribution < -0.4 is 5.32 Å². The normalized spacial score (nSPS) is 18.3. The Bertz CT molecular complexity index is 336. The number of anilines is 1. The molecule has 0 bridgehead atoms. The van der Waals surface area contributed by atoms with Crippen molar-refractivity contribution in [2.24, 2.45) is 0 Å². The summed E-state index contributed by atoms with van der Waals surface area (Å²) in [6, 6.07) is 1.76. The maximum absolute atomic E-state index is 5.73. The zero-order chi connectivity index (χ0) is 10.7. The van der Waals surface area contributed by atoms with Crippen LogP contribution in [-0.4, -0.2) is 29.5 Å². The van der Waals surface area contributed by atoms with Crippen LogP contribution in [0.25, 0.3) is 0 Å². The average Bonchev–Trinajstić information content (AvgIpc) is 2.17. The van der Waals surface area contributed by atoms with Gasteiger partial charge in [-0.05, 0) is 19.3 Å². The zero-order valence-corrected chi connectivity index (χ0v) is 9.42. The van der Waals surface area contributed by atoms with E-state index in [0.29, 0.717) is 5.15 Å². The molecule has 0 unspecified atom stereocenters. The van der Waals surface area contributed by atoms with E-state index in [2.05, 4.69) is 15.5 Å². The third kappa shape index (κ3) is 2.38. The zero-order valence-electron chi connectivity index (χ0n) is 8.66. The maximum Gasteiger partial charge on any atom is 0.153 e. The highest BCUT2D eigenvalue weighted by molar-refractivity contribution is 6.29. The van der Waals surface area contributed by atoms with E-state index in [9.17, 15) is 0 Å². The average molecular weight is 228 g/mol.